The molecule has 0 aliphatic carbocycles. The SMILES string of the molecule is CC(C)(CC(O)(Cc1ccnc2ccccc12)C(F)(F)F)c1cccc(F)c1. The Balaban J connectivity index is 2.01. The van der Waals surface area contributed by atoms with Gasteiger partial charge in [-0.25, -0.2) is 4.39 Å². The Kier molecular flexibility index (Phi) is 5.19. The fraction of sp³-hybridized carbons (Fsp3) is 0.318. The van der Waals surface area contributed by atoms with Crippen LogP contribution in [0.15, 0.2) is 60.8 Å². The van der Waals surface area contributed by atoms with Crippen molar-refractivity contribution in [2.75, 3.05) is 0 Å². The first kappa shape index (κ1) is 20.3. The third-order valence-electron chi connectivity index (χ3n) is 5.09. The van der Waals surface area contributed by atoms with E-state index in [4.69, 9.17) is 0 Å². The highest BCUT2D eigenvalue weighted by Gasteiger charge is 2.55. The molecular formula is C22H21F4NO. The number of halogens is 4. The molecule has 2 nitrogen and oxygen atoms in total. The summed E-state index contributed by atoms with van der Waals surface area (Å²) in [5.74, 6) is -0.527. The number of pyridine rings is 1. The summed E-state index contributed by atoms with van der Waals surface area (Å²) in [7, 11) is 0. The van der Waals surface area contributed by atoms with Crippen molar-refractivity contribution in [2.45, 2.75) is 43.9 Å². The molecule has 0 radical (unpaired) electrons. The fourth-order valence-corrected chi connectivity index (χ4v) is 3.63. The molecule has 28 heavy (non-hydrogen) atoms. The molecule has 0 amide bonds. The second-order valence-electron chi connectivity index (χ2n) is 7.76. The number of alkyl halides is 3. The van der Waals surface area contributed by atoms with Crippen molar-refractivity contribution in [3.63, 3.8) is 0 Å². The van der Waals surface area contributed by atoms with E-state index < -0.39 is 35.9 Å². The number of para-hydroxylation sites is 1. The summed E-state index contributed by atoms with van der Waals surface area (Å²) in [5, 5.41) is 11.4. The number of aromatic nitrogens is 1. The summed E-state index contributed by atoms with van der Waals surface area (Å²) in [5.41, 5.74) is -2.76. The average molecular weight is 391 g/mol. The topological polar surface area (TPSA) is 33.1 Å². The van der Waals surface area contributed by atoms with Crippen LogP contribution in [0.25, 0.3) is 10.9 Å². The number of benzene rings is 2. The molecule has 1 unspecified atom stereocenters. The zero-order valence-electron chi connectivity index (χ0n) is 15.6. The van der Waals surface area contributed by atoms with Crippen molar-refractivity contribution in [3.05, 3.63) is 77.7 Å². The second kappa shape index (κ2) is 7.17. The predicted octanol–water partition coefficient (Wildman–Crippen LogP) is 5.58. The molecule has 1 N–H and O–H groups in total. The Labute approximate surface area is 160 Å². The van der Waals surface area contributed by atoms with Crippen molar-refractivity contribution in [2.24, 2.45) is 0 Å². The van der Waals surface area contributed by atoms with E-state index >= 15 is 0 Å². The van der Waals surface area contributed by atoms with Gasteiger partial charge in [0.25, 0.3) is 0 Å². The van der Waals surface area contributed by atoms with Crippen LogP contribution in [0.2, 0.25) is 0 Å². The molecular weight excluding hydrogens is 370 g/mol. The average Bonchev–Trinajstić information content (AvgIpc) is 2.61. The number of hydrogen-bond donors (Lipinski definition) is 1. The minimum Gasteiger partial charge on any atom is -0.380 e. The largest absolute Gasteiger partial charge is 0.417 e. The quantitative estimate of drug-likeness (QED) is 0.576. The second-order valence-corrected chi connectivity index (χ2v) is 7.76. The molecule has 148 valence electrons. The molecule has 3 aromatic rings. The Bertz CT molecular complexity index is 978. The maximum absolute atomic E-state index is 14.0. The lowest BCUT2D eigenvalue weighted by Crippen LogP contribution is -2.50. The van der Waals surface area contributed by atoms with E-state index in [1.165, 1.54) is 30.5 Å². The number of hydrogen-bond acceptors (Lipinski definition) is 2. The summed E-state index contributed by atoms with van der Waals surface area (Å²) in [6.45, 7) is 3.15. The normalized spacial score (nSPS) is 14.8. The molecule has 0 saturated heterocycles. The van der Waals surface area contributed by atoms with E-state index in [2.05, 4.69) is 4.98 Å². The Hall–Kier alpha value is -2.47. The summed E-state index contributed by atoms with van der Waals surface area (Å²) in [4.78, 5) is 4.16. The van der Waals surface area contributed by atoms with Crippen molar-refractivity contribution in [3.8, 4) is 0 Å². The lowest BCUT2D eigenvalue weighted by Gasteiger charge is -2.38. The highest BCUT2D eigenvalue weighted by atomic mass is 19.4. The van der Waals surface area contributed by atoms with Crippen molar-refractivity contribution in [1.82, 2.24) is 4.98 Å². The van der Waals surface area contributed by atoms with Crippen LogP contribution in [0.4, 0.5) is 17.6 Å². The summed E-state index contributed by atoms with van der Waals surface area (Å²) >= 11 is 0. The minimum absolute atomic E-state index is 0.362. The predicted molar refractivity (Wildman–Crippen MR) is 100 cm³/mol. The monoisotopic (exact) mass is 391 g/mol. The van der Waals surface area contributed by atoms with Crippen LogP contribution in [-0.4, -0.2) is 21.9 Å². The molecule has 0 aliphatic heterocycles. The highest BCUT2D eigenvalue weighted by Crippen LogP contribution is 2.43. The van der Waals surface area contributed by atoms with Crippen LogP contribution < -0.4 is 0 Å². The van der Waals surface area contributed by atoms with Gasteiger partial charge in [-0.15, -0.1) is 0 Å². The van der Waals surface area contributed by atoms with Crippen LogP contribution in [0.1, 0.15) is 31.4 Å². The van der Waals surface area contributed by atoms with E-state index in [0.717, 1.165) is 0 Å². The maximum Gasteiger partial charge on any atom is 0.417 e. The molecule has 2 aromatic carbocycles. The molecule has 0 aliphatic rings. The van der Waals surface area contributed by atoms with Crippen LogP contribution in [0.5, 0.6) is 0 Å². The van der Waals surface area contributed by atoms with E-state index in [9.17, 15) is 22.7 Å². The molecule has 1 heterocycles. The number of aliphatic hydroxyl groups is 1. The third kappa shape index (κ3) is 4.02. The third-order valence-corrected chi connectivity index (χ3v) is 5.09. The number of nitrogens with zero attached hydrogens (tertiary/aromatic N) is 1. The van der Waals surface area contributed by atoms with E-state index in [-0.39, 0.29) is 0 Å². The molecule has 1 atom stereocenters. The van der Waals surface area contributed by atoms with Crippen molar-refractivity contribution >= 4 is 10.9 Å². The van der Waals surface area contributed by atoms with Gasteiger partial charge >= 0.3 is 6.18 Å². The van der Waals surface area contributed by atoms with Gasteiger partial charge in [0.1, 0.15) is 5.82 Å². The lowest BCUT2D eigenvalue weighted by atomic mass is 9.73. The van der Waals surface area contributed by atoms with Gasteiger partial charge in [0.05, 0.1) is 5.52 Å². The van der Waals surface area contributed by atoms with Gasteiger partial charge in [-0.3, -0.25) is 4.98 Å². The molecule has 3 rings (SSSR count). The Morgan fingerprint density at radius 1 is 0.964 bits per heavy atom. The molecule has 0 fully saturated rings. The van der Waals surface area contributed by atoms with Gasteiger partial charge in [0.15, 0.2) is 5.60 Å². The van der Waals surface area contributed by atoms with Crippen LogP contribution in [-0.2, 0) is 11.8 Å². The maximum atomic E-state index is 14.0. The lowest BCUT2D eigenvalue weighted by molar-refractivity contribution is -0.266. The van der Waals surface area contributed by atoms with E-state index in [1.54, 1.807) is 44.2 Å². The van der Waals surface area contributed by atoms with Gasteiger partial charge < -0.3 is 5.11 Å². The smallest absolute Gasteiger partial charge is 0.380 e. The first-order valence-electron chi connectivity index (χ1n) is 8.90. The first-order valence-corrected chi connectivity index (χ1v) is 8.90. The molecule has 0 bridgehead atoms. The highest BCUT2D eigenvalue weighted by molar-refractivity contribution is 5.81. The zero-order chi connectivity index (χ0) is 20.6. The van der Waals surface area contributed by atoms with Gasteiger partial charge in [-0.1, -0.05) is 44.2 Å². The number of rotatable bonds is 5. The van der Waals surface area contributed by atoms with Crippen LogP contribution >= 0.6 is 0 Å². The molecule has 6 heteroatoms. The number of fused-ring (bicyclic) bond motifs is 1. The Morgan fingerprint density at radius 3 is 2.36 bits per heavy atom. The first-order chi connectivity index (χ1) is 13.0. The molecule has 0 spiro atoms. The van der Waals surface area contributed by atoms with E-state index in [0.29, 0.717) is 22.0 Å². The molecule has 0 saturated carbocycles. The van der Waals surface area contributed by atoms with Crippen LogP contribution in [0.3, 0.4) is 0 Å². The Morgan fingerprint density at radius 2 is 1.68 bits per heavy atom. The summed E-state index contributed by atoms with van der Waals surface area (Å²) < 4.78 is 55.5. The fourth-order valence-electron chi connectivity index (χ4n) is 3.63. The van der Waals surface area contributed by atoms with E-state index in [1.807, 2.05) is 0 Å². The standard InChI is InChI=1S/C22H21F4NO/c1-20(2,16-6-5-7-17(23)12-16)14-21(28,22(24,25)26)13-15-10-11-27-19-9-4-3-8-18(15)19/h3-12,28H,13-14H2,1-2H3. The summed E-state index contributed by atoms with van der Waals surface area (Å²) in [6, 6.07) is 13.8. The van der Waals surface area contributed by atoms with Crippen LogP contribution in [0, 0.1) is 5.82 Å². The zero-order valence-corrected chi connectivity index (χ0v) is 15.6. The summed E-state index contributed by atoms with van der Waals surface area (Å²) in [6.07, 6.45) is -4.64. The van der Waals surface area contributed by atoms with Crippen molar-refractivity contribution < 1.29 is 22.7 Å². The van der Waals surface area contributed by atoms with Gasteiger partial charge in [0, 0.05) is 18.0 Å². The van der Waals surface area contributed by atoms with Gasteiger partial charge in [-0.05, 0) is 47.2 Å². The van der Waals surface area contributed by atoms with Crippen molar-refractivity contribution in [1.29, 1.82) is 0 Å². The molecule has 1 aromatic heterocycles. The van der Waals surface area contributed by atoms with Gasteiger partial charge in [-0.2, -0.15) is 13.2 Å². The van der Waals surface area contributed by atoms with Gasteiger partial charge in [0.2, 0.25) is 0 Å². The minimum atomic E-state index is -4.86.